The summed E-state index contributed by atoms with van der Waals surface area (Å²) in [6.07, 6.45) is 0.381. The normalized spacial score (nSPS) is 12.6. The second-order valence-electron chi connectivity index (χ2n) is 7.29. The van der Waals surface area contributed by atoms with Gasteiger partial charge in [0.05, 0.1) is 12.0 Å². The van der Waals surface area contributed by atoms with Crippen molar-refractivity contribution in [2.24, 2.45) is 5.92 Å². The van der Waals surface area contributed by atoms with E-state index in [9.17, 15) is 13.2 Å². The molecule has 0 heterocycles. The van der Waals surface area contributed by atoms with Crippen LogP contribution in [0.15, 0.2) is 47.4 Å². The molecule has 6 nitrogen and oxygen atoms in total. The molecule has 7 heteroatoms. The molecule has 1 atom stereocenters. The van der Waals surface area contributed by atoms with Crippen molar-refractivity contribution in [2.45, 2.75) is 45.1 Å². The summed E-state index contributed by atoms with van der Waals surface area (Å²) in [5.74, 6) is 0.317. The number of carbonyl (C=O) groups excluding carboxylic acids is 1. The topological polar surface area (TPSA) is 84.5 Å². The quantitative estimate of drug-likeness (QED) is 0.703. The second-order valence-corrected chi connectivity index (χ2v) is 9.00. The molecule has 28 heavy (non-hydrogen) atoms. The molecule has 0 aliphatic rings. The zero-order chi connectivity index (χ0) is 20.9. The minimum atomic E-state index is -3.85. The predicted octanol–water partition coefficient (Wildman–Crippen LogP) is 3.64. The number of nitrogens with one attached hydrogen (secondary N) is 2. The number of amides is 1. The van der Waals surface area contributed by atoms with E-state index in [1.807, 2.05) is 45.9 Å². The van der Waals surface area contributed by atoms with Crippen LogP contribution in [0.1, 0.15) is 31.4 Å². The standard InChI is InChI=1S/C21H28N2O4S/c1-14(2)12-20(21(24)22-19-13-15(3)6-7-16(19)4)23-28(25,26)18-10-8-17(27-5)9-11-18/h6-11,13-14,20,23H,12H2,1-5H3,(H,22,24)/t20-/m0/s1. The SMILES string of the molecule is COc1ccc(S(=O)(=O)N[C@@H](CC(C)C)C(=O)Nc2cc(C)ccc2C)cc1. The molecular formula is C21H28N2O4S. The van der Waals surface area contributed by atoms with E-state index in [-0.39, 0.29) is 16.7 Å². The van der Waals surface area contributed by atoms with E-state index >= 15 is 0 Å². The molecule has 0 aliphatic heterocycles. The zero-order valence-corrected chi connectivity index (χ0v) is 17.8. The van der Waals surface area contributed by atoms with Gasteiger partial charge in [0.25, 0.3) is 0 Å². The number of aryl methyl sites for hydroxylation is 2. The summed E-state index contributed by atoms with van der Waals surface area (Å²) in [5.41, 5.74) is 2.61. The number of anilines is 1. The fourth-order valence-corrected chi connectivity index (χ4v) is 3.99. The van der Waals surface area contributed by atoms with Crippen molar-refractivity contribution in [1.29, 1.82) is 0 Å². The van der Waals surface area contributed by atoms with E-state index in [1.54, 1.807) is 12.1 Å². The molecule has 2 rings (SSSR count). The second kappa shape index (κ2) is 9.21. The fraction of sp³-hybridized carbons (Fsp3) is 0.381. The smallest absolute Gasteiger partial charge is 0.242 e. The lowest BCUT2D eigenvalue weighted by atomic mass is 10.0. The predicted molar refractivity (Wildman–Crippen MR) is 111 cm³/mol. The fourth-order valence-electron chi connectivity index (χ4n) is 2.78. The molecule has 0 bridgehead atoms. The van der Waals surface area contributed by atoms with Crippen molar-refractivity contribution >= 4 is 21.6 Å². The van der Waals surface area contributed by atoms with Gasteiger partial charge in [-0.05, 0) is 67.6 Å². The molecule has 2 aromatic carbocycles. The van der Waals surface area contributed by atoms with Gasteiger partial charge in [0.2, 0.25) is 15.9 Å². The van der Waals surface area contributed by atoms with Crippen LogP contribution in [0.5, 0.6) is 5.75 Å². The first-order valence-electron chi connectivity index (χ1n) is 9.17. The molecule has 0 saturated carbocycles. The average Bonchev–Trinajstić information content (AvgIpc) is 2.63. The molecule has 0 aromatic heterocycles. The molecule has 0 aliphatic carbocycles. The molecule has 2 aromatic rings. The largest absolute Gasteiger partial charge is 0.497 e. The number of carbonyl (C=O) groups is 1. The Morgan fingerprint density at radius 1 is 1.07 bits per heavy atom. The third kappa shape index (κ3) is 5.81. The highest BCUT2D eigenvalue weighted by molar-refractivity contribution is 7.89. The van der Waals surface area contributed by atoms with Crippen LogP contribution in [-0.4, -0.2) is 27.5 Å². The Balaban J connectivity index is 2.24. The number of benzene rings is 2. The van der Waals surface area contributed by atoms with E-state index in [0.29, 0.717) is 17.9 Å². The van der Waals surface area contributed by atoms with Crippen LogP contribution in [0.2, 0.25) is 0 Å². The highest BCUT2D eigenvalue weighted by Gasteiger charge is 2.27. The first-order valence-corrected chi connectivity index (χ1v) is 10.6. The van der Waals surface area contributed by atoms with E-state index < -0.39 is 16.1 Å². The van der Waals surface area contributed by atoms with Gasteiger partial charge >= 0.3 is 0 Å². The molecule has 152 valence electrons. The number of hydrogen-bond donors (Lipinski definition) is 2. The highest BCUT2D eigenvalue weighted by atomic mass is 32.2. The van der Waals surface area contributed by atoms with Crippen LogP contribution in [0.3, 0.4) is 0 Å². The van der Waals surface area contributed by atoms with E-state index in [1.165, 1.54) is 19.2 Å². The van der Waals surface area contributed by atoms with E-state index in [0.717, 1.165) is 11.1 Å². The number of hydrogen-bond acceptors (Lipinski definition) is 4. The van der Waals surface area contributed by atoms with Crippen LogP contribution < -0.4 is 14.8 Å². The van der Waals surface area contributed by atoms with Gasteiger partial charge in [-0.1, -0.05) is 26.0 Å². The Hall–Kier alpha value is -2.38. The van der Waals surface area contributed by atoms with Crippen molar-refractivity contribution in [3.05, 3.63) is 53.6 Å². The maximum atomic E-state index is 12.9. The van der Waals surface area contributed by atoms with Crippen molar-refractivity contribution in [1.82, 2.24) is 4.72 Å². The minimum absolute atomic E-state index is 0.0848. The lowest BCUT2D eigenvalue weighted by molar-refractivity contribution is -0.118. The summed E-state index contributed by atoms with van der Waals surface area (Å²) >= 11 is 0. The molecule has 0 saturated heterocycles. The summed E-state index contributed by atoms with van der Waals surface area (Å²) in [6, 6.07) is 10.9. The first-order chi connectivity index (χ1) is 13.1. The summed E-state index contributed by atoms with van der Waals surface area (Å²) < 4.78 is 33.2. The summed E-state index contributed by atoms with van der Waals surface area (Å²) in [6.45, 7) is 7.72. The van der Waals surface area contributed by atoms with Gasteiger partial charge in [0.1, 0.15) is 11.8 Å². The maximum Gasteiger partial charge on any atom is 0.242 e. The Kier molecular flexibility index (Phi) is 7.21. The Morgan fingerprint density at radius 3 is 2.29 bits per heavy atom. The summed E-state index contributed by atoms with van der Waals surface area (Å²) in [4.78, 5) is 12.9. The Labute approximate surface area is 167 Å². The van der Waals surface area contributed by atoms with Crippen molar-refractivity contribution in [3.63, 3.8) is 0 Å². The molecule has 0 radical (unpaired) electrons. The average molecular weight is 405 g/mol. The van der Waals surface area contributed by atoms with Crippen LogP contribution in [0.4, 0.5) is 5.69 Å². The van der Waals surface area contributed by atoms with Crippen molar-refractivity contribution in [2.75, 3.05) is 12.4 Å². The van der Waals surface area contributed by atoms with Gasteiger partial charge in [-0.15, -0.1) is 0 Å². The maximum absolute atomic E-state index is 12.9. The molecule has 0 spiro atoms. The molecule has 1 amide bonds. The van der Waals surface area contributed by atoms with Crippen LogP contribution in [-0.2, 0) is 14.8 Å². The van der Waals surface area contributed by atoms with Crippen molar-refractivity contribution < 1.29 is 17.9 Å². The molecule has 0 fully saturated rings. The lowest BCUT2D eigenvalue weighted by Gasteiger charge is -2.21. The van der Waals surface area contributed by atoms with Crippen molar-refractivity contribution in [3.8, 4) is 5.75 Å². The monoisotopic (exact) mass is 404 g/mol. The van der Waals surface area contributed by atoms with E-state index in [2.05, 4.69) is 10.0 Å². The summed E-state index contributed by atoms with van der Waals surface area (Å²) in [5, 5.41) is 2.86. The van der Waals surface area contributed by atoms with E-state index in [4.69, 9.17) is 4.74 Å². The van der Waals surface area contributed by atoms with Gasteiger partial charge in [-0.3, -0.25) is 4.79 Å². The number of sulfonamides is 1. The summed E-state index contributed by atoms with van der Waals surface area (Å²) in [7, 11) is -2.34. The number of methoxy groups -OCH3 is 1. The van der Waals surface area contributed by atoms with Crippen LogP contribution in [0, 0.1) is 19.8 Å². The molecular weight excluding hydrogens is 376 g/mol. The Bertz CT molecular complexity index is 922. The van der Waals surface area contributed by atoms with Crippen LogP contribution >= 0.6 is 0 Å². The number of ether oxygens (including phenoxy) is 1. The third-order valence-corrected chi connectivity index (χ3v) is 5.83. The lowest BCUT2D eigenvalue weighted by Crippen LogP contribution is -2.44. The Morgan fingerprint density at radius 2 is 1.71 bits per heavy atom. The highest BCUT2D eigenvalue weighted by Crippen LogP contribution is 2.20. The van der Waals surface area contributed by atoms with Gasteiger partial charge in [0, 0.05) is 5.69 Å². The number of rotatable bonds is 8. The van der Waals surface area contributed by atoms with Gasteiger partial charge < -0.3 is 10.1 Å². The minimum Gasteiger partial charge on any atom is -0.497 e. The third-order valence-electron chi connectivity index (χ3n) is 4.34. The van der Waals surface area contributed by atoms with Gasteiger partial charge in [0.15, 0.2) is 0 Å². The molecule has 0 unspecified atom stereocenters. The van der Waals surface area contributed by atoms with Crippen LogP contribution in [0.25, 0.3) is 0 Å². The first kappa shape index (κ1) is 21.9. The van der Waals surface area contributed by atoms with Gasteiger partial charge in [-0.2, -0.15) is 4.72 Å². The molecule has 2 N–H and O–H groups in total. The zero-order valence-electron chi connectivity index (χ0n) is 16.9. The van der Waals surface area contributed by atoms with Gasteiger partial charge in [-0.25, -0.2) is 8.42 Å².